The Morgan fingerprint density at radius 3 is 2.53 bits per heavy atom. The Morgan fingerprint density at radius 2 is 1.81 bits per heavy atom. The van der Waals surface area contributed by atoms with Crippen molar-refractivity contribution in [3.63, 3.8) is 0 Å². The van der Waals surface area contributed by atoms with Gasteiger partial charge in [-0.05, 0) is 104 Å². The van der Waals surface area contributed by atoms with Crippen LogP contribution in [-0.4, -0.2) is 43.4 Å². The predicted molar refractivity (Wildman–Crippen MR) is 128 cm³/mol. The quantitative estimate of drug-likeness (QED) is 0.510. The maximum atomic E-state index is 11.7. The zero-order valence-corrected chi connectivity index (χ0v) is 20.9. The molecule has 0 aromatic carbocycles. The van der Waals surface area contributed by atoms with Crippen LogP contribution in [0.4, 0.5) is 0 Å². The van der Waals surface area contributed by atoms with Gasteiger partial charge in [-0.2, -0.15) is 0 Å². The van der Waals surface area contributed by atoms with Crippen LogP contribution < -0.4 is 11.1 Å². The SMILES string of the molecule is COC(=O)CCC(C)C1CCC2C3CC(O)C4CC(NCCN)CCC4(C)C3CCC12C. The molecule has 0 aromatic heterocycles. The summed E-state index contributed by atoms with van der Waals surface area (Å²) in [6, 6.07) is 0.517. The highest BCUT2D eigenvalue weighted by molar-refractivity contribution is 5.69. The number of hydrogen-bond acceptors (Lipinski definition) is 5. The molecule has 4 N–H and O–H groups in total. The monoisotopic (exact) mass is 448 g/mol. The zero-order chi connectivity index (χ0) is 23.1. The Bertz CT molecular complexity index is 671. The molecule has 32 heavy (non-hydrogen) atoms. The van der Waals surface area contributed by atoms with E-state index < -0.39 is 0 Å². The second-order valence-electron chi connectivity index (χ2n) is 12.3. The lowest BCUT2D eigenvalue weighted by Gasteiger charge is -2.62. The van der Waals surface area contributed by atoms with Gasteiger partial charge in [-0.1, -0.05) is 20.8 Å². The molecule has 4 aliphatic carbocycles. The van der Waals surface area contributed by atoms with E-state index in [4.69, 9.17) is 10.5 Å². The molecule has 4 aliphatic rings. The molecule has 10 unspecified atom stereocenters. The smallest absolute Gasteiger partial charge is 0.305 e. The van der Waals surface area contributed by atoms with Gasteiger partial charge in [0.15, 0.2) is 0 Å². The molecular weight excluding hydrogens is 400 g/mol. The van der Waals surface area contributed by atoms with Gasteiger partial charge in [-0.25, -0.2) is 0 Å². The Hall–Kier alpha value is -0.650. The fourth-order valence-electron chi connectivity index (χ4n) is 9.40. The number of hydrogen-bond donors (Lipinski definition) is 3. The summed E-state index contributed by atoms with van der Waals surface area (Å²) in [6.07, 6.45) is 11.1. The number of carbonyl (C=O) groups is 1. The fourth-order valence-corrected chi connectivity index (χ4v) is 9.40. The molecule has 0 amide bonds. The number of methoxy groups -OCH3 is 1. The second kappa shape index (κ2) is 9.54. The molecule has 5 nitrogen and oxygen atoms in total. The summed E-state index contributed by atoms with van der Waals surface area (Å²) in [7, 11) is 1.49. The number of aliphatic hydroxyl groups excluding tert-OH is 1. The third-order valence-corrected chi connectivity index (χ3v) is 11.0. The summed E-state index contributed by atoms with van der Waals surface area (Å²) in [5.74, 6) is 3.75. The van der Waals surface area contributed by atoms with Gasteiger partial charge in [0, 0.05) is 25.6 Å². The fraction of sp³-hybridized carbons (Fsp3) is 0.963. The van der Waals surface area contributed by atoms with Crippen LogP contribution in [0.1, 0.15) is 85.0 Å². The molecule has 4 saturated carbocycles. The summed E-state index contributed by atoms with van der Waals surface area (Å²) < 4.78 is 4.89. The normalized spacial score (nSPS) is 46.6. The second-order valence-corrected chi connectivity index (χ2v) is 12.3. The van der Waals surface area contributed by atoms with Crippen LogP contribution in [0.3, 0.4) is 0 Å². The van der Waals surface area contributed by atoms with Crippen LogP contribution in [0, 0.1) is 46.3 Å². The van der Waals surface area contributed by atoms with E-state index in [1.165, 1.54) is 45.6 Å². The summed E-state index contributed by atoms with van der Waals surface area (Å²) in [5.41, 5.74) is 6.36. The Labute approximate surface area is 195 Å². The maximum Gasteiger partial charge on any atom is 0.305 e. The lowest BCUT2D eigenvalue weighted by molar-refractivity contribution is -0.162. The van der Waals surface area contributed by atoms with Crippen molar-refractivity contribution in [1.29, 1.82) is 0 Å². The molecule has 4 fully saturated rings. The standard InChI is InChI=1S/C27H48N2O3/c1-17(5-8-25(31)32-4)20-6-7-21-19-16-24(30)23-15-18(29-14-13-28)9-11-27(23,3)22(19)10-12-26(20,21)2/h17-24,29-30H,5-16,28H2,1-4H3. The van der Waals surface area contributed by atoms with E-state index >= 15 is 0 Å². The first-order valence-electron chi connectivity index (χ1n) is 13.4. The van der Waals surface area contributed by atoms with Crippen LogP contribution in [0.15, 0.2) is 0 Å². The zero-order valence-electron chi connectivity index (χ0n) is 20.9. The first-order valence-corrected chi connectivity index (χ1v) is 13.4. The van der Waals surface area contributed by atoms with Crippen molar-refractivity contribution in [2.45, 2.75) is 97.1 Å². The van der Waals surface area contributed by atoms with Crippen molar-refractivity contribution in [2.24, 2.45) is 52.1 Å². The number of carbonyl (C=O) groups excluding carboxylic acids is 1. The van der Waals surface area contributed by atoms with Crippen molar-refractivity contribution < 1.29 is 14.6 Å². The molecule has 4 rings (SSSR count). The van der Waals surface area contributed by atoms with Crippen molar-refractivity contribution in [3.8, 4) is 0 Å². The van der Waals surface area contributed by atoms with Crippen molar-refractivity contribution >= 4 is 5.97 Å². The van der Waals surface area contributed by atoms with E-state index in [0.717, 1.165) is 37.6 Å². The van der Waals surface area contributed by atoms with Crippen molar-refractivity contribution in [3.05, 3.63) is 0 Å². The molecular formula is C27H48N2O3. The third kappa shape index (κ3) is 4.15. The highest BCUT2D eigenvalue weighted by Crippen LogP contribution is 2.68. The number of ether oxygens (including phenoxy) is 1. The number of fused-ring (bicyclic) bond motifs is 5. The molecule has 0 spiro atoms. The van der Waals surface area contributed by atoms with Gasteiger partial charge < -0.3 is 20.9 Å². The number of rotatable bonds is 7. The summed E-state index contributed by atoms with van der Waals surface area (Å²) in [6.45, 7) is 8.99. The minimum Gasteiger partial charge on any atom is -0.469 e. The molecule has 0 heterocycles. The molecule has 10 atom stereocenters. The average Bonchev–Trinajstić information content (AvgIpc) is 3.13. The summed E-state index contributed by atoms with van der Waals surface area (Å²) >= 11 is 0. The van der Waals surface area contributed by atoms with Crippen LogP contribution >= 0.6 is 0 Å². The van der Waals surface area contributed by atoms with Gasteiger partial charge in [0.2, 0.25) is 0 Å². The van der Waals surface area contributed by atoms with E-state index in [1.54, 1.807) is 0 Å². The maximum absolute atomic E-state index is 11.7. The van der Waals surface area contributed by atoms with Gasteiger partial charge in [-0.3, -0.25) is 4.79 Å². The van der Waals surface area contributed by atoms with E-state index in [-0.39, 0.29) is 17.5 Å². The van der Waals surface area contributed by atoms with Gasteiger partial charge in [0.1, 0.15) is 0 Å². The molecule has 0 aromatic rings. The molecule has 0 saturated heterocycles. The number of nitrogens with one attached hydrogen (secondary N) is 1. The van der Waals surface area contributed by atoms with Gasteiger partial charge in [-0.15, -0.1) is 0 Å². The number of esters is 1. The van der Waals surface area contributed by atoms with Crippen molar-refractivity contribution in [1.82, 2.24) is 5.32 Å². The van der Waals surface area contributed by atoms with E-state index in [9.17, 15) is 9.90 Å². The highest BCUT2D eigenvalue weighted by atomic mass is 16.5. The lowest BCUT2D eigenvalue weighted by atomic mass is 9.43. The average molecular weight is 449 g/mol. The largest absolute Gasteiger partial charge is 0.469 e. The topological polar surface area (TPSA) is 84.6 Å². The third-order valence-electron chi connectivity index (χ3n) is 11.0. The van der Waals surface area contributed by atoms with Crippen molar-refractivity contribution in [2.75, 3.05) is 20.2 Å². The van der Waals surface area contributed by atoms with Gasteiger partial charge >= 0.3 is 5.97 Å². The minimum atomic E-state index is -0.165. The molecule has 0 bridgehead atoms. The van der Waals surface area contributed by atoms with E-state index in [1.807, 2.05) is 0 Å². The van der Waals surface area contributed by atoms with Crippen LogP contribution in [-0.2, 0) is 9.53 Å². The number of nitrogens with two attached hydrogens (primary N) is 1. The van der Waals surface area contributed by atoms with E-state index in [0.29, 0.717) is 48.1 Å². The highest BCUT2D eigenvalue weighted by Gasteiger charge is 2.62. The first-order chi connectivity index (χ1) is 15.2. The van der Waals surface area contributed by atoms with Crippen LogP contribution in [0.2, 0.25) is 0 Å². The number of aliphatic hydroxyl groups is 1. The summed E-state index contributed by atoms with van der Waals surface area (Å²) in [4.78, 5) is 11.7. The minimum absolute atomic E-state index is 0.0776. The van der Waals surface area contributed by atoms with Crippen LogP contribution in [0.25, 0.3) is 0 Å². The Morgan fingerprint density at radius 1 is 1.09 bits per heavy atom. The van der Waals surface area contributed by atoms with Gasteiger partial charge in [0.25, 0.3) is 0 Å². The Kier molecular flexibility index (Phi) is 7.30. The van der Waals surface area contributed by atoms with Gasteiger partial charge in [0.05, 0.1) is 13.2 Å². The molecule has 184 valence electrons. The molecule has 0 radical (unpaired) electrons. The molecule has 5 heteroatoms. The Balaban J connectivity index is 1.47. The first kappa shape index (κ1) is 24.5. The lowest BCUT2D eigenvalue weighted by Crippen LogP contribution is -2.59. The van der Waals surface area contributed by atoms with Crippen LogP contribution in [0.5, 0.6) is 0 Å². The summed E-state index contributed by atoms with van der Waals surface area (Å²) in [5, 5.41) is 15.0. The predicted octanol–water partition coefficient (Wildman–Crippen LogP) is 4.12. The van der Waals surface area contributed by atoms with E-state index in [2.05, 4.69) is 26.1 Å². The molecule has 0 aliphatic heterocycles.